The number of fused-ring (bicyclic) bond motifs is 1. The van der Waals surface area contributed by atoms with Crippen LogP contribution >= 0.6 is 0 Å². The van der Waals surface area contributed by atoms with Gasteiger partial charge in [-0.25, -0.2) is 9.67 Å². The first-order valence-electron chi connectivity index (χ1n) is 13.0. The molecule has 2 aromatic carbocycles. The Morgan fingerprint density at radius 2 is 1.95 bits per heavy atom. The Balaban J connectivity index is 1.24. The number of benzene rings is 2. The van der Waals surface area contributed by atoms with Crippen LogP contribution in [0.25, 0.3) is 11.3 Å². The fourth-order valence-corrected chi connectivity index (χ4v) is 5.35. The van der Waals surface area contributed by atoms with E-state index in [-0.39, 0.29) is 17.7 Å². The smallest absolute Gasteiger partial charge is 0.219 e. The zero-order chi connectivity index (χ0) is 26.1. The van der Waals surface area contributed by atoms with E-state index in [1.54, 1.807) is 17.9 Å². The summed E-state index contributed by atoms with van der Waals surface area (Å²) in [5.41, 5.74) is 6.72. The second kappa shape index (κ2) is 10.3. The highest BCUT2D eigenvalue weighted by atomic mass is 16.5. The molecule has 9 nitrogen and oxygen atoms in total. The number of hydrogen-bond donors (Lipinski definition) is 0. The monoisotopic (exact) mass is 510 g/mol. The highest BCUT2D eigenvalue weighted by Crippen LogP contribution is 2.34. The van der Waals surface area contributed by atoms with Crippen LogP contribution in [0.5, 0.6) is 0 Å². The van der Waals surface area contributed by atoms with Gasteiger partial charge in [0.1, 0.15) is 12.7 Å². The Hall–Kier alpha value is -4.11. The Labute approximate surface area is 221 Å². The molecular formula is C29H30N6O3. The summed E-state index contributed by atoms with van der Waals surface area (Å²) in [7, 11) is 0. The summed E-state index contributed by atoms with van der Waals surface area (Å²) in [6.45, 7) is 4.87. The first-order chi connectivity index (χ1) is 18.5. The fourth-order valence-electron chi connectivity index (χ4n) is 5.35. The summed E-state index contributed by atoms with van der Waals surface area (Å²) >= 11 is 0. The predicted molar refractivity (Wildman–Crippen MR) is 141 cm³/mol. The van der Waals surface area contributed by atoms with Gasteiger partial charge in [0, 0.05) is 61.8 Å². The molecule has 6 rings (SSSR count). The maximum absolute atomic E-state index is 13.3. The quantitative estimate of drug-likeness (QED) is 0.353. The molecule has 194 valence electrons. The molecule has 2 aromatic heterocycles. The van der Waals surface area contributed by atoms with Crippen LogP contribution in [-0.4, -0.2) is 60.9 Å². The summed E-state index contributed by atoms with van der Waals surface area (Å²) in [4.78, 5) is 31.3. The lowest BCUT2D eigenvalue weighted by atomic mass is 9.96. The summed E-state index contributed by atoms with van der Waals surface area (Å²) in [5.74, 6) is 0.119. The van der Waals surface area contributed by atoms with E-state index in [1.165, 1.54) is 12.0 Å². The molecule has 0 radical (unpaired) electrons. The molecule has 0 saturated carbocycles. The highest BCUT2D eigenvalue weighted by Gasteiger charge is 2.30. The molecule has 0 spiro atoms. The van der Waals surface area contributed by atoms with Crippen LogP contribution in [0.15, 0.2) is 61.2 Å². The number of aromatic nitrogens is 5. The molecule has 1 amide bonds. The number of carbonyl (C=O) groups excluding carboxylic acids is 2. The van der Waals surface area contributed by atoms with Crippen LogP contribution < -0.4 is 0 Å². The third-order valence-electron chi connectivity index (χ3n) is 7.44. The maximum atomic E-state index is 13.3. The molecule has 1 saturated heterocycles. The Bertz CT molecular complexity index is 1450. The van der Waals surface area contributed by atoms with Gasteiger partial charge in [-0.1, -0.05) is 42.5 Å². The van der Waals surface area contributed by atoms with Gasteiger partial charge in [0.05, 0.1) is 24.9 Å². The molecule has 9 heteroatoms. The van der Waals surface area contributed by atoms with Crippen molar-refractivity contribution < 1.29 is 14.3 Å². The summed E-state index contributed by atoms with van der Waals surface area (Å²) in [6.07, 6.45) is 5.22. The van der Waals surface area contributed by atoms with Crippen molar-refractivity contribution in [2.75, 3.05) is 19.8 Å². The van der Waals surface area contributed by atoms with Gasteiger partial charge in [0.15, 0.2) is 5.78 Å². The number of Topliss-reactive ketones (excluding diaryl/α,β-unsaturated/α-hetero) is 1. The standard InChI is InChI=1S/C29H30N6O3/c1-20(36)33-11-9-27-26(16-33)29(32-35(27)25-10-12-38-17-25)24-4-2-3-23(14-24)28(37)13-21-5-7-22(8-6-21)15-34-19-30-18-31-34/h2-8,14,18-19,25H,9-13,15-17H2,1H3. The van der Waals surface area contributed by atoms with Gasteiger partial charge in [-0.3, -0.25) is 14.3 Å². The van der Waals surface area contributed by atoms with Gasteiger partial charge in [-0.15, -0.1) is 0 Å². The molecule has 4 aromatic rings. The SMILES string of the molecule is CC(=O)N1CCc2c(c(-c3cccc(C(=O)Cc4ccc(Cn5cncn5)cc4)c3)nn2C2CCOC2)C1. The summed E-state index contributed by atoms with van der Waals surface area (Å²) in [6, 6.07) is 15.9. The molecule has 38 heavy (non-hydrogen) atoms. The molecule has 2 aliphatic heterocycles. The molecule has 0 aliphatic carbocycles. The number of amides is 1. The normalized spacial score (nSPS) is 17.0. The summed E-state index contributed by atoms with van der Waals surface area (Å²) < 4.78 is 9.52. The first-order valence-corrected chi connectivity index (χ1v) is 13.0. The number of rotatable bonds is 7. The molecule has 1 unspecified atom stereocenters. The first kappa shape index (κ1) is 24.2. The third-order valence-corrected chi connectivity index (χ3v) is 7.44. The van der Waals surface area contributed by atoms with Gasteiger partial charge in [-0.2, -0.15) is 10.2 Å². The van der Waals surface area contributed by atoms with E-state index < -0.39 is 0 Å². The molecule has 0 N–H and O–H groups in total. The van der Waals surface area contributed by atoms with Crippen LogP contribution in [0, 0.1) is 0 Å². The maximum Gasteiger partial charge on any atom is 0.219 e. The molecule has 1 fully saturated rings. The third kappa shape index (κ3) is 4.89. The molecule has 1 atom stereocenters. The van der Waals surface area contributed by atoms with E-state index in [9.17, 15) is 9.59 Å². The van der Waals surface area contributed by atoms with Crippen molar-refractivity contribution in [2.24, 2.45) is 0 Å². The van der Waals surface area contributed by atoms with Gasteiger partial charge in [0.2, 0.25) is 5.91 Å². The molecule has 0 bridgehead atoms. The van der Waals surface area contributed by atoms with Gasteiger partial charge < -0.3 is 9.64 Å². The largest absolute Gasteiger partial charge is 0.379 e. The van der Waals surface area contributed by atoms with Crippen LogP contribution in [0.3, 0.4) is 0 Å². The number of hydrogen-bond acceptors (Lipinski definition) is 6. The van der Waals surface area contributed by atoms with Crippen molar-refractivity contribution in [2.45, 2.75) is 45.3 Å². The lowest BCUT2D eigenvalue weighted by molar-refractivity contribution is -0.129. The lowest BCUT2D eigenvalue weighted by Gasteiger charge is -2.27. The number of ketones is 1. The van der Waals surface area contributed by atoms with E-state index in [2.05, 4.69) is 14.8 Å². The van der Waals surface area contributed by atoms with E-state index >= 15 is 0 Å². The number of nitrogens with zero attached hydrogens (tertiary/aromatic N) is 6. The van der Waals surface area contributed by atoms with Crippen LogP contribution in [0.2, 0.25) is 0 Å². The Morgan fingerprint density at radius 1 is 1.11 bits per heavy atom. The van der Waals surface area contributed by atoms with E-state index in [0.29, 0.717) is 38.2 Å². The molecule has 2 aliphatic rings. The van der Waals surface area contributed by atoms with Crippen LogP contribution in [-0.2, 0) is 35.5 Å². The summed E-state index contributed by atoms with van der Waals surface area (Å²) in [5, 5.41) is 9.18. The second-order valence-corrected chi connectivity index (χ2v) is 10.0. The zero-order valence-electron chi connectivity index (χ0n) is 21.4. The average molecular weight is 511 g/mol. The average Bonchev–Trinajstić information content (AvgIpc) is 3.71. The molecular weight excluding hydrogens is 480 g/mol. The van der Waals surface area contributed by atoms with E-state index in [0.717, 1.165) is 47.4 Å². The van der Waals surface area contributed by atoms with Crippen molar-refractivity contribution in [3.63, 3.8) is 0 Å². The Kier molecular flexibility index (Phi) is 6.59. The van der Waals surface area contributed by atoms with Crippen LogP contribution in [0.4, 0.5) is 0 Å². The minimum atomic E-state index is 0.0544. The predicted octanol–water partition coefficient (Wildman–Crippen LogP) is 3.48. The van der Waals surface area contributed by atoms with Gasteiger partial charge >= 0.3 is 0 Å². The molecule has 4 heterocycles. The van der Waals surface area contributed by atoms with Crippen molar-refractivity contribution in [1.82, 2.24) is 29.4 Å². The number of carbonyl (C=O) groups is 2. The highest BCUT2D eigenvalue weighted by molar-refractivity contribution is 5.98. The van der Waals surface area contributed by atoms with Crippen molar-refractivity contribution in [3.8, 4) is 11.3 Å². The van der Waals surface area contributed by atoms with E-state index in [1.807, 2.05) is 53.4 Å². The lowest BCUT2D eigenvalue weighted by Crippen LogP contribution is -2.35. The fraction of sp³-hybridized carbons (Fsp3) is 0.345. The Morgan fingerprint density at radius 3 is 2.68 bits per heavy atom. The van der Waals surface area contributed by atoms with E-state index in [4.69, 9.17) is 9.84 Å². The van der Waals surface area contributed by atoms with Crippen molar-refractivity contribution in [1.29, 1.82) is 0 Å². The van der Waals surface area contributed by atoms with Gasteiger partial charge in [0.25, 0.3) is 0 Å². The second-order valence-electron chi connectivity index (χ2n) is 10.0. The number of ether oxygens (including phenoxy) is 1. The van der Waals surface area contributed by atoms with Crippen molar-refractivity contribution >= 4 is 11.7 Å². The minimum absolute atomic E-state index is 0.0544. The van der Waals surface area contributed by atoms with Crippen molar-refractivity contribution in [3.05, 3.63) is 89.1 Å². The zero-order valence-corrected chi connectivity index (χ0v) is 21.4. The topological polar surface area (TPSA) is 95.1 Å². The minimum Gasteiger partial charge on any atom is -0.379 e. The van der Waals surface area contributed by atoms with Gasteiger partial charge in [-0.05, 0) is 23.6 Å². The van der Waals surface area contributed by atoms with Crippen LogP contribution in [0.1, 0.15) is 52.1 Å².